The van der Waals surface area contributed by atoms with Crippen LogP contribution in [-0.2, 0) is 38.7 Å². The summed E-state index contributed by atoms with van der Waals surface area (Å²) in [7, 11) is 6.40. The Morgan fingerprint density at radius 1 is 1.02 bits per heavy atom. The second-order valence-corrected chi connectivity index (χ2v) is 12.4. The lowest BCUT2D eigenvalue weighted by atomic mass is 9.52. The van der Waals surface area contributed by atoms with Crippen LogP contribution in [0.15, 0.2) is 18.2 Å². The highest BCUT2D eigenvalue weighted by Gasteiger charge is 2.69. The van der Waals surface area contributed by atoms with Crippen LogP contribution in [0, 0.1) is 41.1 Å². The number of primary amides is 1. The average molecular weight is 631 g/mol. The topological polar surface area (TPSA) is 170 Å². The quantitative estimate of drug-likeness (QED) is 0.319. The van der Waals surface area contributed by atoms with Crippen molar-refractivity contribution < 1.29 is 47.4 Å². The van der Waals surface area contributed by atoms with Gasteiger partial charge in [-0.1, -0.05) is 0 Å². The van der Waals surface area contributed by atoms with Gasteiger partial charge < -0.3 is 26.2 Å². The highest BCUT2D eigenvalue weighted by Crippen LogP contribution is 2.52. The van der Waals surface area contributed by atoms with E-state index in [0.29, 0.717) is 23.4 Å². The first kappa shape index (κ1) is 32.3. The van der Waals surface area contributed by atoms with Crippen LogP contribution in [0.2, 0.25) is 0 Å². The number of halogens is 3. The molecule has 0 heterocycles. The van der Waals surface area contributed by atoms with Gasteiger partial charge in [0.05, 0.1) is 17.5 Å². The first-order chi connectivity index (χ1) is 21.0. The van der Waals surface area contributed by atoms with Gasteiger partial charge in [-0.3, -0.25) is 28.9 Å². The lowest BCUT2D eigenvalue weighted by Crippen LogP contribution is -2.74. The number of aliphatic hydroxyl groups is 1. The minimum atomic E-state index is -2.85. The van der Waals surface area contributed by atoms with Crippen LogP contribution in [-0.4, -0.2) is 84.0 Å². The zero-order valence-electron chi connectivity index (χ0n) is 25.0. The number of benzene rings is 2. The maximum absolute atomic E-state index is 14.1. The minimum absolute atomic E-state index is 0.0760. The number of hydrogen-bond acceptors (Lipinski definition) is 10. The highest BCUT2D eigenvalue weighted by atomic mass is 19.1. The van der Waals surface area contributed by atoms with Gasteiger partial charge in [0.15, 0.2) is 34.7 Å². The standard InChI is InChI=1S/C31H33F3N4O7/c1-37(2)20-7-13(10-36-11-16-18(33)8-14(32)9-19(16)34)25(39)22-15(20)5-12-6-17-24(38(3)4)27(41)23(30(35)44)29(43)31(17,45)28(42)21(12)26(22)40/h7-9,12,17,21,23-24,36,39,45H,5-6,10-11H2,1-4H3,(H2,35,44)/t12-,17-,21?,23?,24-,31-/m0/s1. The molecule has 2 fully saturated rings. The van der Waals surface area contributed by atoms with Crippen LogP contribution in [0.25, 0.3) is 0 Å². The van der Waals surface area contributed by atoms with Gasteiger partial charge in [0.25, 0.3) is 0 Å². The van der Waals surface area contributed by atoms with Crippen LogP contribution < -0.4 is 16.0 Å². The van der Waals surface area contributed by atoms with Crippen LogP contribution in [0.3, 0.4) is 0 Å². The first-order valence-electron chi connectivity index (χ1n) is 14.3. The molecule has 1 amide bonds. The fraction of sp³-hybridized carbons (Fsp3) is 0.452. The van der Waals surface area contributed by atoms with Gasteiger partial charge in [-0.2, -0.15) is 0 Å². The number of nitrogens with two attached hydrogens (primary N) is 1. The molecule has 2 unspecified atom stereocenters. The number of amides is 1. The number of Topliss-reactive ketones (excluding diaryl/α,β-unsaturated/α-hetero) is 4. The lowest BCUT2D eigenvalue weighted by molar-refractivity contribution is -0.181. The predicted octanol–water partition coefficient (Wildman–Crippen LogP) is 0.640. The van der Waals surface area contributed by atoms with Gasteiger partial charge in [-0.05, 0) is 44.5 Å². The molecule has 2 aromatic carbocycles. The first-order valence-corrected chi connectivity index (χ1v) is 14.3. The third-order valence-corrected chi connectivity index (χ3v) is 9.32. The lowest BCUT2D eigenvalue weighted by Gasteiger charge is -2.52. The van der Waals surface area contributed by atoms with Gasteiger partial charge in [-0.25, -0.2) is 13.2 Å². The largest absolute Gasteiger partial charge is 0.507 e. The summed E-state index contributed by atoms with van der Waals surface area (Å²) in [5, 5.41) is 25.8. The Labute approximate surface area is 256 Å². The van der Waals surface area contributed by atoms with Crippen molar-refractivity contribution in [3.63, 3.8) is 0 Å². The summed E-state index contributed by atoms with van der Waals surface area (Å²) in [4.78, 5) is 70.1. The van der Waals surface area contributed by atoms with Gasteiger partial charge in [0.2, 0.25) is 5.91 Å². The van der Waals surface area contributed by atoms with Crippen molar-refractivity contribution in [2.24, 2.45) is 29.4 Å². The van der Waals surface area contributed by atoms with E-state index in [1.807, 2.05) is 0 Å². The fourth-order valence-corrected chi connectivity index (χ4v) is 7.30. The Morgan fingerprint density at radius 2 is 1.64 bits per heavy atom. The summed E-state index contributed by atoms with van der Waals surface area (Å²) in [6, 6.07) is 1.45. The summed E-state index contributed by atoms with van der Waals surface area (Å²) >= 11 is 0. The summed E-state index contributed by atoms with van der Waals surface area (Å²) < 4.78 is 41.6. The maximum atomic E-state index is 14.1. The number of ketones is 4. The Morgan fingerprint density at radius 3 is 2.20 bits per heavy atom. The predicted molar refractivity (Wildman–Crippen MR) is 153 cm³/mol. The number of phenolic OH excluding ortho intramolecular Hbond substituents is 1. The molecule has 0 spiro atoms. The fourth-order valence-electron chi connectivity index (χ4n) is 7.30. The Kier molecular flexibility index (Phi) is 8.13. The van der Waals surface area contributed by atoms with E-state index >= 15 is 0 Å². The smallest absolute Gasteiger partial charge is 0.235 e. The monoisotopic (exact) mass is 630 g/mol. The molecule has 0 radical (unpaired) electrons. The summed E-state index contributed by atoms with van der Waals surface area (Å²) in [5.74, 6) is -14.9. The van der Waals surface area contributed by atoms with E-state index in [0.717, 1.165) is 0 Å². The number of nitrogens with zero attached hydrogens (tertiary/aromatic N) is 2. The normalized spacial score (nSPS) is 27.7. The number of carbonyl (C=O) groups is 5. The van der Waals surface area contributed by atoms with Gasteiger partial charge in [0, 0.05) is 62.0 Å². The number of rotatable bonds is 7. The number of nitrogens with one attached hydrogen (secondary N) is 1. The van der Waals surface area contributed by atoms with E-state index < -0.39 is 93.1 Å². The van der Waals surface area contributed by atoms with Crippen molar-refractivity contribution in [1.82, 2.24) is 10.2 Å². The molecular weight excluding hydrogens is 597 g/mol. The molecule has 6 atom stereocenters. The third-order valence-electron chi connectivity index (χ3n) is 9.32. The van der Waals surface area contributed by atoms with Crippen molar-refractivity contribution in [3.05, 3.63) is 57.9 Å². The number of phenols is 1. The minimum Gasteiger partial charge on any atom is -0.507 e. The third kappa shape index (κ3) is 4.91. The molecule has 240 valence electrons. The second kappa shape index (κ2) is 11.3. The molecular formula is C31H33F3N4O7. The van der Waals surface area contributed by atoms with Crippen LogP contribution in [0.4, 0.5) is 18.9 Å². The van der Waals surface area contributed by atoms with Crippen molar-refractivity contribution >= 4 is 34.7 Å². The number of hydrogen-bond donors (Lipinski definition) is 4. The summed E-state index contributed by atoms with van der Waals surface area (Å²) in [6.45, 7) is -0.574. The van der Waals surface area contributed by atoms with Gasteiger partial charge in [-0.15, -0.1) is 0 Å². The molecule has 5 rings (SSSR count). The van der Waals surface area contributed by atoms with E-state index in [1.54, 1.807) is 25.1 Å². The number of anilines is 1. The zero-order chi connectivity index (χ0) is 33.3. The van der Waals surface area contributed by atoms with Crippen molar-refractivity contribution in [2.45, 2.75) is 37.6 Å². The van der Waals surface area contributed by atoms with E-state index in [4.69, 9.17) is 5.73 Å². The molecule has 0 aromatic heterocycles. The SMILES string of the molecule is CN(C)c1cc(CNCc2c(F)cc(F)cc2F)c(O)c2c1C[C@H]1C[C@H]3[C@H](N(C)C)C(=O)C(C(N)=O)C(=O)[C@@]3(O)C(=O)C1C2=O. The van der Waals surface area contributed by atoms with Gasteiger partial charge >= 0.3 is 0 Å². The number of fused-ring (bicyclic) bond motifs is 3. The zero-order valence-corrected chi connectivity index (χ0v) is 25.0. The molecule has 3 aliphatic rings. The molecule has 0 aliphatic heterocycles. The molecule has 2 saturated carbocycles. The molecule has 45 heavy (non-hydrogen) atoms. The van der Waals surface area contributed by atoms with E-state index in [1.165, 1.54) is 19.0 Å². The highest BCUT2D eigenvalue weighted by molar-refractivity contribution is 6.32. The van der Waals surface area contributed by atoms with Crippen LogP contribution in [0.5, 0.6) is 5.75 Å². The Hall–Kier alpha value is -4.14. The molecule has 5 N–H and O–H groups in total. The molecule has 3 aliphatic carbocycles. The van der Waals surface area contributed by atoms with Crippen molar-refractivity contribution in [1.29, 1.82) is 0 Å². The second-order valence-electron chi connectivity index (χ2n) is 12.4. The molecule has 14 heteroatoms. The van der Waals surface area contributed by atoms with Crippen molar-refractivity contribution in [3.8, 4) is 5.75 Å². The summed E-state index contributed by atoms with van der Waals surface area (Å²) in [6.07, 6.45) is -0.0117. The molecule has 2 aromatic rings. The number of aromatic hydroxyl groups is 1. The van der Waals surface area contributed by atoms with E-state index in [2.05, 4.69) is 5.32 Å². The Balaban J connectivity index is 1.54. The molecule has 0 saturated heterocycles. The summed E-state index contributed by atoms with van der Waals surface area (Å²) in [5.41, 5.74) is 2.93. The Bertz CT molecular complexity index is 1640. The van der Waals surface area contributed by atoms with Crippen LogP contribution >= 0.6 is 0 Å². The number of carbonyl (C=O) groups excluding carboxylic acids is 5. The molecule has 0 bridgehead atoms. The molecule has 11 nitrogen and oxygen atoms in total. The number of likely N-dealkylation sites (N-methyl/N-ethyl adjacent to an activating group) is 1. The van der Waals surface area contributed by atoms with Crippen LogP contribution in [0.1, 0.15) is 33.5 Å². The van der Waals surface area contributed by atoms with Crippen molar-refractivity contribution in [2.75, 3.05) is 33.1 Å². The average Bonchev–Trinajstić information content (AvgIpc) is 2.92. The van der Waals surface area contributed by atoms with E-state index in [-0.39, 0.29) is 37.1 Å². The van der Waals surface area contributed by atoms with E-state index in [9.17, 15) is 47.4 Å². The van der Waals surface area contributed by atoms with Gasteiger partial charge in [0.1, 0.15) is 23.2 Å². The maximum Gasteiger partial charge on any atom is 0.235 e.